The van der Waals surface area contributed by atoms with Gasteiger partial charge >= 0.3 is 0 Å². The van der Waals surface area contributed by atoms with Crippen LogP contribution in [0.25, 0.3) is 6.08 Å². The van der Waals surface area contributed by atoms with Gasteiger partial charge in [0.2, 0.25) is 0 Å². The van der Waals surface area contributed by atoms with Crippen molar-refractivity contribution in [3.63, 3.8) is 0 Å². The first-order chi connectivity index (χ1) is 14.5. The summed E-state index contributed by atoms with van der Waals surface area (Å²) < 4.78 is 43.2. The molecule has 0 bridgehead atoms. The normalized spacial score (nSPS) is 19.5. The molecule has 0 amide bonds. The Labute approximate surface area is 179 Å². The first kappa shape index (κ1) is 22.7. The lowest BCUT2D eigenvalue weighted by atomic mass is 9.78. The zero-order chi connectivity index (χ0) is 21.5. The van der Waals surface area contributed by atoms with Gasteiger partial charge in [-0.3, -0.25) is 0 Å². The highest BCUT2D eigenvalue weighted by atomic mass is 19.2. The van der Waals surface area contributed by atoms with Gasteiger partial charge in [-0.2, -0.15) is 0 Å². The molecule has 0 saturated heterocycles. The monoisotopic (exact) mass is 414 g/mol. The maximum Gasteiger partial charge on any atom is 0.162 e. The Morgan fingerprint density at radius 2 is 1.57 bits per heavy atom. The van der Waals surface area contributed by atoms with Gasteiger partial charge in [-0.15, -0.1) is 0 Å². The van der Waals surface area contributed by atoms with Crippen LogP contribution < -0.4 is 0 Å². The van der Waals surface area contributed by atoms with Crippen molar-refractivity contribution in [1.29, 1.82) is 0 Å². The number of rotatable bonds is 8. The third kappa shape index (κ3) is 5.56. The molecule has 2 aromatic carbocycles. The molecule has 3 heteroatoms. The predicted octanol–water partition coefficient (Wildman–Crippen LogP) is 8.39. The molecular weight excluding hydrogens is 381 g/mol. The Kier molecular flexibility index (Phi) is 8.18. The molecule has 0 atom stereocenters. The minimum Gasteiger partial charge on any atom is -0.207 e. The van der Waals surface area contributed by atoms with Crippen LogP contribution in [0.4, 0.5) is 13.2 Å². The zero-order valence-corrected chi connectivity index (χ0v) is 18.2. The average molecular weight is 415 g/mol. The van der Waals surface area contributed by atoms with Crippen LogP contribution in [0.15, 0.2) is 36.4 Å². The molecule has 1 fully saturated rings. The largest absolute Gasteiger partial charge is 0.207 e. The van der Waals surface area contributed by atoms with E-state index in [4.69, 9.17) is 0 Å². The van der Waals surface area contributed by atoms with Gasteiger partial charge in [-0.1, -0.05) is 63.1 Å². The highest BCUT2D eigenvalue weighted by molar-refractivity contribution is 5.50. The summed E-state index contributed by atoms with van der Waals surface area (Å²) in [6.45, 7) is 4.10. The highest BCUT2D eigenvalue weighted by Crippen LogP contribution is 2.38. The van der Waals surface area contributed by atoms with Gasteiger partial charge in [0.25, 0.3) is 0 Å². The first-order valence-electron chi connectivity index (χ1n) is 11.5. The van der Waals surface area contributed by atoms with Gasteiger partial charge in [-0.25, -0.2) is 13.2 Å². The Hall–Kier alpha value is -2.03. The second kappa shape index (κ2) is 10.8. The van der Waals surface area contributed by atoms with Gasteiger partial charge in [-0.05, 0) is 85.1 Å². The summed E-state index contributed by atoms with van der Waals surface area (Å²) in [5.41, 5.74) is 2.67. The molecular formula is C27H33F3. The Balaban J connectivity index is 1.59. The van der Waals surface area contributed by atoms with E-state index in [1.54, 1.807) is 18.2 Å². The lowest BCUT2D eigenvalue weighted by molar-refractivity contribution is 0.364. The minimum absolute atomic E-state index is 0.0788. The van der Waals surface area contributed by atoms with Crippen LogP contribution in [-0.4, -0.2) is 0 Å². The van der Waals surface area contributed by atoms with E-state index in [9.17, 15) is 13.2 Å². The van der Waals surface area contributed by atoms with Gasteiger partial charge < -0.3 is 0 Å². The number of aryl methyl sites for hydroxylation is 2. The van der Waals surface area contributed by atoms with Gasteiger partial charge in [0.15, 0.2) is 11.6 Å². The van der Waals surface area contributed by atoms with Crippen LogP contribution in [0.3, 0.4) is 0 Å². The molecule has 3 rings (SSSR count). The Morgan fingerprint density at radius 3 is 2.23 bits per heavy atom. The molecule has 0 spiro atoms. The lowest BCUT2D eigenvalue weighted by Gasteiger charge is -2.27. The van der Waals surface area contributed by atoms with E-state index in [1.807, 2.05) is 32.1 Å². The summed E-state index contributed by atoms with van der Waals surface area (Å²) in [6, 6.07) is 9.01. The molecule has 162 valence electrons. The van der Waals surface area contributed by atoms with E-state index in [0.29, 0.717) is 23.5 Å². The number of hydrogen-bond acceptors (Lipinski definition) is 0. The molecule has 30 heavy (non-hydrogen) atoms. The highest BCUT2D eigenvalue weighted by Gasteiger charge is 2.25. The van der Waals surface area contributed by atoms with Crippen molar-refractivity contribution in [3.8, 4) is 0 Å². The fourth-order valence-corrected chi connectivity index (χ4v) is 4.49. The van der Waals surface area contributed by atoms with Crippen LogP contribution in [0, 0.1) is 23.4 Å². The topological polar surface area (TPSA) is 0 Å². The fourth-order valence-electron chi connectivity index (χ4n) is 4.49. The number of hydrogen-bond donors (Lipinski definition) is 0. The van der Waals surface area contributed by atoms with Crippen LogP contribution in [-0.2, 0) is 12.8 Å². The summed E-state index contributed by atoms with van der Waals surface area (Å²) in [6.07, 6.45) is 11.9. The molecule has 0 aliphatic heterocycles. The molecule has 0 N–H and O–H groups in total. The first-order valence-corrected chi connectivity index (χ1v) is 11.5. The zero-order valence-electron chi connectivity index (χ0n) is 18.2. The van der Waals surface area contributed by atoms with E-state index in [2.05, 4.69) is 6.08 Å². The SMILES string of the molecule is CCCCc1ccc(C2CCC(C=Cc3ccc(CCC)c(F)c3)CC2)c(F)c1F. The fraction of sp³-hybridized carbons (Fsp3) is 0.481. The van der Waals surface area contributed by atoms with E-state index < -0.39 is 11.6 Å². The predicted molar refractivity (Wildman–Crippen MR) is 119 cm³/mol. The van der Waals surface area contributed by atoms with Crippen molar-refractivity contribution in [1.82, 2.24) is 0 Å². The standard InChI is InChI=1S/C27H33F3/c1-3-5-7-23-16-17-24(27(30)26(23)29)21-13-10-19(11-14-21)8-9-20-12-15-22(6-4-2)25(28)18-20/h8-9,12,15-19,21H,3-7,10-11,13-14H2,1-2H3. The maximum atomic E-state index is 14.6. The summed E-state index contributed by atoms with van der Waals surface area (Å²) in [5.74, 6) is -0.962. The molecule has 1 aliphatic carbocycles. The summed E-state index contributed by atoms with van der Waals surface area (Å²) >= 11 is 0. The van der Waals surface area contributed by atoms with Gasteiger partial charge in [0.05, 0.1) is 0 Å². The second-order valence-corrected chi connectivity index (χ2v) is 8.62. The van der Waals surface area contributed by atoms with E-state index >= 15 is 0 Å². The van der Waals surface area contributed by atoms with Crippen molar-refractivity contribution >= 4 is 6.08 Å². The van der Waals surface area contributed by atoms with E-state index in [-0.39, 0.29) is 11.7 Å². The van der Waals surface area contributed by atoms with Gasteiger partial charge in [0.1, 0.15) is 5.82 Å². The average Bonchev–Trinajstić information content (AvgIpc) is 2.76. The molecule has 0 radical (unpaired) electrons. The van der Waals surface area contributed by atoms with Crippen molar-refractivity contribution < 1.29 is 13.2 Å². The Bertz CT molecular complexity index is 861. The lowest BCUT2D eigenvalue weighted by Crippen LogP contribution is -2.14. The van der Waals surface area contributed by atoms with Crippen LogP contribution >= 0.6 is 0 Å². The molecule has 1 aliphatic rings. The van der Waals surface area contributed by atoms with E-state index in [0.717, 1.165) is 62.5 Å². The quantitative estimate of drug-likeness (QED) is 0.407. The van der Waals surface area contributed by atoms with Crippen molar-refractivity contribution in [2.75, 3.05) is 0 Å². The molecule has 2 aromatic rings. The maximum absolute atomic E-state index is 14.6. The molecule has 0 aromatic heterocycles. The molecule has 0 heterocycles. The minimum atomic E-state index is -0.656. The van der Waals surface area contributed by atoms with Crippen LogP contribution in [0.2, 0.25) is 0 Å². The Morgan fingerprint density at radius 1 is 0.833 bits per heavy atom. The third-order valence-corrected chi connectivity index (χ3v) is 6.36. The summed E-state index contributed by atoms with van der Waals surface area (Å²) in [4.78, 5) is 0. The second-order valence-electron chi connectivity index (χ2n) is 8.62. The van der Waals surface area contributed by atoms with Crippen LogP contribution in [0.5, 0.6) is 0 Å². The molecule has 1 saturated carbocycles. The van der Waals surface area contributed by atoms with Crippen molar-refractivity contribution in [3.05, 3.63) is 76.1 Å². The third-order valence-electron chi connectivity index (χ3n) is 6.36. The number of unbranched alkanes of at least 4 members (excludes halogenated alkanes) is 1. The smallest absolute Gasteiger partial charge is 0.162 e. The molecule has 0 unspecified atom stereocenters. The molecule has 0 nitrogen and oxygen atoms in total. The number of allylic oxidation sites excluding steroid dienone is 1. The summed E-state index contributed by atoms with van der Waals surface area (Å²) in [7, 11) is 0. The van der Waals surface area contributed by atoms with Gasteiger partial charge in [0, 0.05) is 0 Å². The number of halogens is 3. The van der Waals surface area contributed by atoms with Crippen LogP contribution in [0.1, 0.15) is 87.0 Å². The van der Waals surface area contributed by atoms with Crippen molar-refractivity contribution in [2.24, 2.45) is 5.92 Å². The van der Waals surface area contributed by atoms with E-state index in [1.165, 1.54) is 0 Å². The summed E-state index contributed by atoms with van der Waals surface area (Å²) in [5, 5.41) is 0. The number of benzene rings is 2. The van der Waals surface area contributed by atoms with Crippen molar-refractivity contribution in [2.45, 2.75) is 77.6 Å².